The molecular weight excluding hydrogens is 298 g/mol. The summed E-state index contributed by atoms with van der Waals surface area (Å²) in [6.07, 6.45) is 0. The van der Waals surface area contributed by atoms with Gasteiger partial charge in [0.25, 0.3) is 0 Å². The Morgan fingerprint density at radius 1 is 1.28 bits per heavy atom. The van der Waals surface area contributed by atoms with Crippen LogP contribution in [-0.4, -0.2) is 25.9 Å². The van der Waals surface area contributed by atoms with Crippen LogP contribution in [-0.2, 0) is 0 Å². The average molecular weight is 318 g/mol. The summed E-state index contributed by atoms with van der Waals surface area (Å²) >= 11 is 3.40. The van der Waals surface area contributed by atoms with Gasteiger partial charge in [-0.15, -0.1) is 0 Å². The lowest BCUT2D eigenvalue weighted by Gasteiger charge is -2.31. The molecule has 0 aliphatic heterocycles. The molecule has 18 heavy (non-hydrogen) atoms. The number of aliphatic hydroxyl groups is 1. The molecule has 0 saturated heterocycles. The number of methoxy groups -OCH3 is 2. The SMILES string of the molecule is COc1cc([C@H](N)C(C)(C)CO)c(OC)cc1Br. The van der Waals surface area contributed by atoms with Crippen LogP contribution in [0.3, 0.4) is 0 Å². The Labute approximate surface area is 116 Å². The molecule has 0 unspecified atom stereocenters. The van der Waals surface area contributed by atoms with E-state index in [4.69, 9.17) is 15.2 Å². The van der Waals surface area contributed by atoms with Gasteiger partial charge in [0.1, 0.15) is 11.5 Å². The van der Waals surface area contributed by atoms with Crippen LogP contribution in [0, 0.1) is 5.41 Å². The number of nitrogens with two attached hydrogens (primary N) is 1. The third-order valence-corrected chi connectivity index (χ3v) is 3.71. The Kier molecular flexibility index (Phi) is 5.01. The Balaban J connectivity index is 3.29. The van der Waals surface area contributed by atoms with Gasteiger partial charge in [-0.05, 0) is 28.1 Å². The van der Waals surface area contributed by atoms with Gasteiger partial charge < -0.3 is 20.3 Å². The third-order valence-electron chi connectivity index (χ3n) is 3.09. The lowest BCUT2D eigenvalue weighted by Crippen LogP contribution is -2.32. The van der Waals surface area contributed by atoms with Crippen molar-refractivity contribution in [2.45, 2.75) is 19.9 Å². The average Bonchev–Trinajstić information content (AvgIpc) is 2.37. The number of ether oxygens (including phenoxy) is 2. The van der Waals surface area contributed by atoms with Crippen LogP contribution in [0.15, 0.2) is 16.6 Å². The Hall–Kier alpha value is -0.780. The van der Waals surface area contributed by atoms with E-state index in [-0.39, 0.29) is 12.6 Å². The highest BCUT2D eigenvalue weighted by atomic mass is 79.9. The summed E-state index contributed by atoms with van der Waals surface area (Å²) in [5.41, 5.74) is 6.60. The fourth-order valence-corrected chi connectivity index (χ4v) is 2.13. The molecule has 0 aliphatic rings. The van der Waals surface area contributed by atoms with Crippen LogP contribution >= 0.6 is 15.9 Å². The van der Waals surface area contributed by atoms with Gasteiger partial charge in [0.15, 0.2) is 0 Å². The molecule has 5 heteroatoms. The van der Waals surface area contributed by atoms with Crippen LogP contribution in [0.4, 0.5) is 0 Å². The van der Waals surface area contributed by atoms with Crippen LogP contribution in [0.2, 0.25) is 0 Å². The molecular formula is C13H20BrNO3. The lowest BCUT2D eigenvalue weighted by molar-refractivity contribution is 0.131. The highest BCUT2D eigenvalue weighted by Crippen LogP contribution is 2.40. The first-order chi connectivity index (χ1) is 8.37. The van der Waals surface area contributed by atoms with Crippen molar-refractivity contribution in [3.05, 3.63) is 22.2 Å². The first-order valence-electron chi connectivity index (χ1n) is 5.65. The molecule has 0 saturated carbocycles. The number of halogens is 1. The summed E-state index contributed by atoms with van der Waals surface area (Å²) in [5.74, 6) is 1.37. The Bertz CT molecular complexity index is 421. The molecule has 4 nitrogen and oxygen atoms in total. The maximum Gasteiger partial charge on any atom is 0.133 e. The second-order valence-electron chi connectivity index (χ2n) is 4.85. The van der Waals surface area contributed by atoms with Gasteiger partial charge in [0.2, 0.25) is 0 Å². The molecule has 1 aromatic rings. The summed E-state index contributed by atoms with van der Waals surface area (Å²) < 4.78 is 11.4. The van der Waals surface area contributed by atoms with Crippen molar-refractivity contribution >= 4 is 15.9 Å². The van der Waals surface area contributed by atoms with Gasteiger partial charge in [-0.3, -0.25) is 0 Å². The highest BCUT2D eigenvalue weighted by Gasteiger charge is 2.30. The molecule has 3 N–H and O–H groups in total. The zero-order chi connectivity index (χ0) is 13.9. The van der Waals surface area contributed by atoms with Crippen molar-refractivity contribution in [3.63, 3.8) is 0 Å². The molecule has 0 aliphatic carbocycles. The third kappa shape index (κ3) is 2.96. The minimum Gasteiger partial charge on any atom is -0.496 e. The second-order valence-corrected chi connectivity index (χ2v) is 5.71. The summed E-state index contributed by atoms with van der Waals surface area (Å²) in [6, 6.07) is 3.31. The first-order valence-corrected chi connectivity index (χ1v) is 6.44. The predicted octanol–water partition coefficient (Wildman–Crippen LogP) is 2.48. The molecule has 0 spiro atoms. The van der Waals surface area contributed by atoms with Gasteiger partial charge >= 0.3 is 0 Å². The zero-order valence-corrected chi connectivity index (χ0v) is 12.7. The van der Waals surface area contributed by atoms with Crippen molar-refractivity contribution in [1.29, 1.82) is 0 Å². The molecule has 0 radical (unpaired) electrons. The summed E-state index contributed by atoms with van der Waals surface area (Å²) in [4.78, 5) is 0. The van der Waals surface area contributed by atoms with E-state index in [0.717, 1.165) is 10.0 Å². The number of benzene rings is 1. The number of aliphatic hydroxyl groups excluding tert-OH is 1. The second kappa shape index (κ2) is 5.91. The van der Waals surface area contributed by atoms with E-state index < -0.39 is 5.41 Å². The highest BCUT2D eigenvalue weighted by molar-refractivity contribution is 9.10. The monoisotopic (exact) mass is 317 g/mol. The predicted molar refractivity (Wildman–Crippen MR) is 75.0 cm³/mol. The van der Waals surface area contributed by atoms with E-state index in [0.29, 0.717) is 11.5 Å². The molecule has 1 rings (SSSR count). The quantitative estimate of drug-likeness (QED) is 0.875. The number of rotatable bonds is 5. The van der Waals surface area contributed by atoms with E-state index in [9.17, 15) is 5.11 Å². The molecule has 1 aromatic carbocycles. The fourth-order valence-electron chi connectivity index (χ4n) is 1.65. The minimum atomic E-state index is -0.438. The Morgan fingerprint density at radius 3 is 2.28 bits per heavy atom. The Morgan fingerprint density at radius 2 is 1.83 bits per heavy atom. The van der Waals surface area contributed by atoms with Gasteiger partial charge in [0, 0.05) is 23.6 Å². The van der Waals surface area contributed by atoms with Crippen molar-refractivity contribution in [1.82, 2.24) is 0 Å². The normalized spacial score (nSPS) is 13.3. The van der Waals surface area contributed by atoms with Crippen molar-refractivity contribution in [3.8, 4) is 11.5 Å². The van der Waals surface area contributed by atoms with E-state index >= 15 is 0 Å². The van der Waals surface area contributed by atoms with Gasteiger partial charge in [-0.2, -0.15) is 0 Å². The molecule has 1 atom stereocenters. The maximum atomic E-state index is 9.41. The largest absolute Gasteiger partial charge is 0.496 e. The van der Waals surface area contributed by atoms with Crippen molar-refractivity contribution in [2.24, 2.45) is 11.1 Å². The van der Waals surface area contributed by atoms with Crippen LogP contribution < -0.4 is 15.2 Å². The van der Waals surface area contributed by atoms with Crippen molar-refractivity contribution < 1.29 is 14.6 Å². The number of hydrogen-bond acceptors (Lipinski definition) is 4. The van der Waals surface area contributed by atoms with Crippen LogP contribution in [0.25, 0.3) is 0 Å². The van der Waals surface area contributed by atoms with E-state index in [1.165, 1.54) is 0 Å². The smallest absolute Gasteiger partial charge is 0.133 e. The standard InChI is InChI=1S/C13H20BrNO3/c1-13(2,7-16)12(15)8-5-11(18-4)9(14)6-10(8)17-3/h5-6,12,16H,7,15H2,1-4H3/t12-/m0/s1. The van der Waals surface area contributed by atoms with Gasteiger partial charge in [0.05, 0.1) is 18.7 Å². The van der Waals surface area contributed by atoms with Gasteiger partial charge in [-0.1, -0.05) is 13.8 Å². The van der Waals surface area contributed by atoms with E-state index in [1.54, 1.807) is 14.2 Å². The topological polar surface area (TPSA) is 64.7 Å². The molecule has 0 heterocycles. The van der Waals surface area contributed by atoms with E-state index in [2.05, 4.69) is 15.9 Å². The maximum absolute atomic E-state index is 9.41. The molecule has 0 aromatic heterocycles. The molecule has 0 fully saturated rings. The molecule has 0 bridgehead atoms. The van der Waals surface area contributed by atoms with Crippen molar-refractivity contribution in [2.75, 3.05) is 20.8 Å². The van der Waals surface area contributed by atoms with E-state index in [1.807, 2.05) is 26.0 Å². The van der Waals surface area contributed by atoms with Crippen LogP contribution in [0.1, 0.15) is 25.5 Å². The first kappa shape index (κ1) is 15.3. The molecule has 0 amide bonds. The zero-order valence-electron chi connectivity index (χ0n) is 11.2. The summed E-state index contributed by atoms with van der Waals surface area (Å²) in [6.45, 7) is 3.81. The fraction of sp³-hybridized carbons (Fsp3) is 0.538. The summed E-state index contributed by atoms with van der Waals surface area (Å²) in [7, 11) is 3.19. The van der Waals surface area contributed by atoms with Crippen LogP contribution in [0.5, 0.6) is 11.5 Å². The lowest BCUT2D eigenvalue weighted by atomic mass is 9.81. The summed E-state index contributed by atoms with van der Waals surface area (Å²) in [5, 5.41) is 9.41. The number of hydrogen-bond donors (Lipinski definition) is 2. The molecule has 102 valence electrons. The van der Waals surface area contributed by atoms with Gasteiger partial charge in [-0.25, -0.2) is 0 Å². The minimum absolute atomic E-state index is 0.00427.